The van der Waals surface area contributed by atoms with E-state index in [9.17, 15) is 9.59 Å². The van der Waals surface area contributed by atoms with Crippen molar-refractivity contribution in [3.05, 3.63) is 0 Å². The Morgan fingerprint density at radius 2 is 1.36 bits per heavy atom. The van der Waals surface area contributed by atoms with Gasteiger partial charge >= 0.3 is 11.9 Å². The molecular weight excluding hydrogens is 316 g/mol. The summed E-state index contributed by atoms with van der Waals surface area (Å²) in [5, 5.41) is 0. The first-order chi connectivity index (χ1) is 11.9. The van der Waals surface area contributed by atoms with Crippen LogP contribution in [0.3, 0.4) is 0 Å². The van der Waals surface area contributed by atoms with Gasteiger partial charge in [-0.25, -0.2) is 0 Å². The van der Waals surface area contributed by atoms with Gasteiger partial charge in [0, 0.05) is 0 Å². The van der Waals surface area contributed by atoms with E-state index in [1.807, 2.05) is 13.8 Å². The molecule has 0 bridgehead atoms. The van der Waals surface area contributed by atoms with Crippen molar-refractivity contribution >= 4 is 11.9 Å². The first-order valence-electron chi connectivity index (χ1n) is 10.2. The van der Waals surface area contributed by atoms with Gasteiger partial charge in [0.25, 0.3) is 0 Å². The lowest BCUT2D eigenvalue weighted by molar-refractivity contribution is -0.163. The summed E-state index contributed by atoms with van der Waals surface area (Å²) in [5.74, 6) is 0.0305. The highest BCUT2D eigenvalue weighted by Crippen LogP contribution is 2.32. The average Bonchev–Trinajstić information content (AvgIpc) is 2.58. The minimum Gasteiger partial charge on any atom is -0.465 e. The van der Waals surface area contributed by atoms with E-state index in [0.29, 0.717) is 19.1 Å². The van der Waals surface area contributed by atoms with E-state index in [1.54, 1.807) is 0 Å². The molecule has 0 saturated heterocycles. The van der Waals surface area contributed by atoms with Crippen molar-refractivity contribution in [1.29, 1.82) is 0 Å². The smallest absolute Gasteiger partial charge is 0.309 e. The molecule has 2 atom stereocenters. The third-order valence-electron chi connectivity index (χ3n) is 4.85. The second kappa shape index (κ2) is 12.3. The summed E-state index contributed by atoms with van der Waals surface area (Å²) in [4.78, 5) is 24.7. The number of rotatable bonds is 11. The maximum absolute atomic E-state index is 12.4. The molecule has 0 radical (unpaired) electrons. The molecule has 0 heterocycles. The zero-order valence-electron chi connectivity index (χ0n) is 16.7. The summed E-state index contributed by atoms with van der Waals surface area (Å²) >= 11 is 0. The Morgan fingerprint density at radius 3 is 1.92 bits per heavy atom. The number of unbranched alkanes of at least 4 members (excludes halogenated alkanes) is 3. The molecule has 0 aromatic carbocycles. The first-order valence-corrected chi connectivity index (χ1v) is 10.2. The van der Waals surface area contributed by atoms with E-state index >= 15 is 0 Å². The average molecular weight is 355 g/mol. The van der Waals surface area contributed by atoms with Crippen molar-refractivity contribution in [3.8, 4) is 0 Å². The van der Waals surface area contributed by atoms with Gasteiger partial charge in [-0.15, -0.1) is 0 Å². The molecule has 1 aliphatic rings. The van der Waals surface area contributed by atoms with E-state index in [1.165, 1.54) is 19.3 Å². The van der Waals surface area contributed by atoms with Gasteiger partial charge in [-0.05, 0) is 31.1 Å². The molecule has 4 heteroatoms. The normalized spacial score (nSPS) is 20.7. The maximum Gasteiger partial charge on any atom is 0.309 e. The highest BCUT2D eigenvalue weighted by molar-refractivity contribution is 5.82. The van der Waals surface area contributed by atoms with Crippen LogP contribution >= 0.6 is 0 Å². The molecule has 1 rings (SSSR count). The fraction of sp³-hybridized carbons (Fsp3) is 0.905. The fourth-order valence-electron chi connectivity index (χ4n) is 3.34. The molecular formula is C21H38O4. The standard InChI is InChI=1S/C21H38O4/c1-16(2)11-7-5-6-10-14-24-20(22)18-12-8-9-13-19(18)21(23)25-15-17(3)4/h16-19H,5-15H2,1-4H3. The minimum atomic E-state index is -0.314. The van der Waals surface area contributed by atoms with Gasteiger partial charge in [0.05, 0.1) is 25.0 Å². The zero-order chi connectivity index (χ0) is 18.7. The summed E-state index contributed by atoms with van der Waals surface area (Å²) in [5.41, 5.74) is 0. The highest BCUT2D eigenvalue weighted by Gasteiger charge is 2.37. The van der Waals surface area contributed by atoms with Crippen molar-refractivity contribution in [2.24, 2.45) is 23.7 Å². The summed E-state index contributed by atoms with van der Waals surface area (Å²) in [6.45, 7) is 9.42. The Morgan fingerprint density at radius 1 is 0.800 bits per heavy atom. The second-order valence-corrected chi connectivity index (χ2v) is 8.29. The van der Waals surface area contributed by atoms with E-state index in [0.717, 1.165) is 44.4 Å². The van der Waals surface area contributed by atoms with E-state index < -0.39 is 0 Å². The number of hydrogen-bond acceptors (Lipinski definition) is 4. The van der Waals surface area contributed by atoms with Gasteiger partial charge in [0.15, 0.2) is 0 Å². The van der Waals surface area contributed by atoms with Crippen LogP contribution in [0.15, 0.2) is 0 Å². The minimum absolute atomic E-state index is 0.201. The van der Waals surface area contributed by atoms with Crippen LogP contribution in [0.2, 0.25) is 0 Å². The summed E-state index contributed by atoms with van der Waals surface area (Å²) in [7, 11) is 0. The number of hydrogen-bond donors (Lipinski definition) is 0. The van der Waals surface area contributed by atoms with Gasteiger partial charge in [-0.2, -0.15) is 0 Å². The summed E-state index contributed by atoms with van der Waals surface area (Å²) in [6, 6.07) is 0. The number of esters is 2. The molecule has 0 aliphatic heterocycles. The van der Waals surface area contributed by atoms with Crippen molar-refractivity contribution < 1.29 is 19.1 Å². The van der Waals surface area contributed by atoms with Crippen molar-refractivity contribution in [1.82, 2.24) is 0 Å². The topological polar surface area (TPSA) is 52.6 Å². The Labute approximate surface area is 154 Å². The number of carbonyl (C=O) groups is 2. The fourth-order valence-corrected chi connectivity index (χ4v) is 3.34. The SMILES string of the molecule is CC(C)CCCCCCOC(=O)C1CCCCC1C(=O)OCC(C)C. The number of ether oxygens (including phenoxy) is 2. The third-order valence-corrected chi connectivity index (χ3v) is 4.85. The number of carbonyl (C=O) groups excluding carboxylic acids is 2. The van der Waals surface area contributed by atoms with Crippen LogP contribution in [0.4, 0.5) is 0 Å². The first kappa shape index (κ1) is 22.0. The van der Waals surface area contributed by atoms with Crippen LogP contribution in [0.25, 0.3) is 0 Å². The monoisotopic (exact) mass is 354 g/mol. The molecule has 1 aliphatic carbocycles. The van der Waals surface area contributed by atoms with Crippen molar-refractivity contribution in [2.75, 3.05) is 13.2 Å². The molecule has 1 fully saturated rings. The van der Waals surface area contributed by atoms with Gasteiger partial charge in [0.1, 0.15) is 0 Å². The second-order valence-electron chi connectivity index (χ2n) is 8.29. The lowest BCUT2D eigenvalue weighted by Crippen LogP contribution is -2.35. The van der Waals surface area contributed by atoms with Crippen LogP contribution in [0, 0.1) is 23.7 Å². The molecule has 0 spiro atoms. The summed E-state index contributed by atoms with van der Waals surface area (Å²) < 4.78 is 10.8. The molecule has 0 amide bonds. The Balaban J connectivity index is 2.29. The largest absolute Gasteiger partial charge is 0.465 e. The molecule has 0 aromatic heterocycles. The molecule has 0 N–H and O–H groups in total. The van der Waals surface area contributed by atoms with E-state index in [4.69, 9.17) is 9.47 Å². The van der Waals surface area contributed by atoms with E-state index in [2.05, 4.69) is 13.8 Å². The van der Waals surface area contributed by atoms with Crippen LogP contribution in [-0.2, 0) is 19.1 Å². The van der Waals surface area contributed by atoms with Gasteiger partial charge in [-0.3, -0.25) is 9.59 Å². The van der Waals surface area contributed by atoms with Crippen LogP contribution < -0.4 is 0 Å². The lowest BCUT2D eigenvalue weighted by Gasteiger charge is -2.28. The van der Waals surface area contributed by atoms with Crippen LogP contribution in [-0.4, -0.2) is 25.2 Å². The predicted molar refractivity (Wildman–Crippen MR) is 100 cm³/mol. The zero-order valence-corrected chi connectivity index (χ0v) is 16.7. The molecule has 1 saturated carbocycles. The Bertz CT molecular complexity index is 389. The predicted octanol–water partition coefficient (Wildman–Crippen LogP) is 5.14. The van der Waals surface area contributed by atoms with Crippen LogP contribution in [0.1, 0.15) is 85.5 Å². The van der Waals surface area contributed by atoms with Gasteiger partial charge in [-0.1, -0.05) is 66.2 Å². The molecule has 0 aromatic rings. The highest BCUT2D eigenvalue weighted by atomic mass is 16.5. The van der Waals surface area contributed by atoms with Crippen molar-refractivity contribution in [3.63, 3.8) is 0 Å². The quantitative estimate of drug-likeness (QED) is 0.381. The molecule has 25 heavy (non-hydrogen) atoms. The van der Waals surface area contributed by atoms with Crippen LogP contribution in [0.5, 0.6) is 0 Å². The van der Waals surface area contributed by atoms with E-state index in [-0.39, 0.29) is 23.8 Å². The molecule has 4 nitrogen and oxygen atoms in total. The third kappa shape index (κ3) is 9.27. The van der Waals surface area contributed by atoms with Crippen molar-refractivity contribution in [2.45, 2.75) is 85.5 Å². The van der Waals surface area contributed by atoms with Gasteiger partial charge in [0.2, 0.25) is 0 Å². The summed E-state index contributed by atoms with van der Waals surface area (Å²) in [6.07, 6.45) is 9.19. The lowest BCUT2D eigenvalue weighted by atomic mass is 9.79. The van der Waals surface area contributed by atoms with Gasteiger partial charge < -0.3 is 9.47 Å². The maximum atomic E-state index is 12.4. The molecule has 2 unspecified atom stereocenters. The Kier molecular flexibility index (Phi) is 10.8. The molecule has 146 valence electrons. The Hall–Kier alpha value is -1.06.